The van der Waals surface area contributed by atoms with Crippen molar-refractivity contribution in [2.45, 2.75) is 39.7 Å². The molecule has 0 fully saturated rings. The number of nitrogens with zero attached hydrogens (tertiary/aromatic N) is 1. The van der Waals surface area contributed by atoms with Gasteiger partial charge in [-0.05, 0) is 18.3 Å². The number of aliphatic carboxylic acids is 1. The van der Waals surface area contributed by atoms with E-state index in [1.54, 1.807) is 6.08 Å². The van der Waals surface area contributed by atoms with Crippen LogP contribution in [-0.4, -0.2) is 29.6 Å². The van der Waals surface area contributed by atoms with E-state index in [4.69, 9.17) is 4.74 Å². The number of carbonyl (C=O) groups is 2. The van der Waals surface area contributed by atoms with Gasteiger partial charge in [-0.15, -0.1) is 0 Å². The Morgan fingerprint density at radius 2 is 2.12 bits per heavy atom. The lowest BCUT2D eigenvalue weighted by molar-refractivity contribution is -0.310. The van der Waals surface area contributed by atoms with Gasteiger partial charge in [-0.25, -0.2) is 4.79 Å². The van der Waals surface area contributed by atoms with Crippen molar-refractivity contribution in [3.05, 3.63) is 12.3 Å². The molecule has 0 saturated carbocycles. The Bertz CT molecular complexity index is 330. The normalized spacial score (nSPS) is 19.5. The summed E-state index contributed by atoms with van der Waals surface area (Å²) in [7, 11) is 0. The molecule has 0 unspecified atom stereocenters. The van der Waals surface area contributed by atoms with Crippen LogP contribution in [0.15, 0.2) is 12.3 Å². The molecule has 0 aliphatic carbocycles. The summed E-state index contributed by atoms with van der Waals surface area (Å²) in [6.45, 7) is 6.41. The summed E-state index contributed by atoms with van der Waals surface area (Å²) in [5.74, 6) is -1.26. The summed E-state index contributed by atoms with van der Waals surface area (Å²) in [6.07, 6.45) is 3.42. The van der Waals surface area contributed by atoms with Gasteiger partial charge in [0, 0.05) is 6.20 Å². The number of carbonyl (C=O) groups excluding carboxylic acids is 2. The molecule has 17 heavy (non-hydrogen) atoms. The first kappa shape index (κ1) is 13.5. The van der Waals surface area contributed by atoms with Crippen molar-refractivity contribution in [1.82, 2.24) is 4.90 Å². The molecule has 1 heterocycles. The Kier molecular flexibility index (Phi) is 4.15. The largest absolute Gasteiger partial charge is 0.548 e. The van der Waals surface area contributed by atoms with E-state index < -0.39 is 18.1 Å². The molecule has 0 radical (unpaired) electrons. The van der Waals surface area contributed by atoms with E-state index in [1.807, 2.05) is 20.8 Å². The second-order valence-electron chi connectivity index (χ2n) is 5.29. The Balaban J connectivity index is 2.42. The second-order valence-corrected chi connectivity index (χ2v) is 5.29. The van der Waals surface area contributed by atoms with Gasteiger partial charge in [-0.1, -0.05) is 26.8 Å². The summed E-state index contributed by atoms with van der Waals surface area (Å²) in [6, 6.07) is -0.933. The number of amides is 1. The lowest BCUT2D eigenvalue weighted by Crippen LogP contribution is -2.46. The van der Waals surface area contributed by atoms with Gasteiger partial charge in [0.1, 0.15) is 0 Å². The summed E-state index contributed by atoms with van der Waals surface area (Å²) in [5.41, 5.74) is 0.0783. The fourth-order valence-corrected chi connectivity index (χ4v) is 1.44. The summed E-state index contributed by atoms with van der Waals surface area (Å²) in [4.78, 5) is 23.4. The van der Waals surface area contributed by atoms with Gasteiger partial charge in [-0.2, -0.15) is 0 Å². The lowest BCUT2D eigenvalue weighted by Gasteiger charge is -2.24. The topological polar surface area (TPSA) is 69.7 Å². The zero-order valence-electron chi connectivity index (χ0n) is 10.4. The third kappa shape index (κ3) is 4.09. The lowest BCUT2D eigenvalue weighted by atomic mass is 9.93. The van der Waals surface area contributed by atoms with E-state index >= 15 is 0 Å². The number of rotatable bonds is 3. The Labute approximate surface area is 101 Å². The van der Waals surface area contributed by atoms with Crippen LogP contribution in [0.4, 0.5) is 4.79 Å². The van der Waals surface area contributed by atoms with Crippen molar-refractivity contribution in [3.8, 4) is 0 Å². The van der Waals surface area contributed by atoms with E-state index in [2.05, 4.69) is 0 Å². The maximum absolute atomic E-state index is 11.6. The quantitative estimate of drug-likeness (QED) is 0.734. The van der Waals surface area contributed by atoms with Crippen molar-refractivity contribution >= 4 is 12.1 Å². The molecule has 96 valence electrons. The third-order valence-electron chi connectivity index (χ3n) is 2.52. The Hall–Kier alpha value is -1.52. The van der Waals surface area contributed by atoms with Crippen molar-refractivity contribution < 1.29 is 19.4 Å². The molecule has 0 aromatic heterocycles. The first-order valence-corrected chi connectivity index (χ1v) is 5.64. The minimum absolute atomic E-state index is 0.0783. The fraction of sp³-hybridized carbons (Fsp3) is 0.667. The molecule has 1 atom stereocenters. The van der Waals surface area contributed by atoms with Crippen molar-refractivity contribution in [2.24, 2.45) is 5.41 Å². The minimum atomic E-state index is -1.26. The maximum Gasteiger partial charge on any atom is 0.414 e. The van der Waals surface area contributed by atoms with Crippen LogP contribution in [0, 0.1) is 5.41 Å². The van der Waals surface area contributed by atoms with Crippen LogP contribution < -0.4 is 5.11 Å². The van der Waals surface area contributed by atoms with Crippen molar-refractivity contribution in [1.29, 1.82) is 0 Å². The van der Waals surface area contributed by atoms with Crippen LogP contribution in [0.5, 0.6) is 0 Å². The van der Waals surface area contributed by atoms with Crippen LogP contribution in [-0.2, 0) is 9.53 Å². The van der Waals surface area contributed by atoms with E-state index in [0.717, 1.165) is 11.3 Å². The number of carboxylic acids is 1. The molecule has 0 saturated heterocycles. The van der Waals surface area contributed by atoms with Crippen LogP contribution in [0.3, 0.4) is 0 Å². The molecule has 1 rings (SSSR count). The first-order chi connectivity index (χ1) is 7.81. The van der Waals surface area contributed by atoms with Crippen LogP contribution >= 0.6 is 0 Å². The van der Waals surface area contributed by atoms with E-state index in [0.29, 0.717) is 0 Å². The van der Waals surface area contributed by atoms with Gasteiger partial charge in [0.25, 0.3) is 0 Å². The SMILES string of the molecule is CC(C)(C)CCOC(=O)N1C=CC[C@H]1C(=O)[O-]. The van der Waals surface area contributed by atoms with Gasteiger partial charge in [0.2, 0.25) is 0 Å². The van der Waals surface area contributed by atoms with E-state index in [9.17, 15) is 14.7 Å². The van der Waals surface area contributed by atoms with E-state index in [-0.39, 0.29) is 18.4 Å². The first-order valence-electron chi connectivity index (χ1n) is 5.64. The molecule has 1 amide bonds. The molecule has 0 bridgehead atoms. The molecule has 0 aromatic rings. The van der Waals surface area contributed by atoms with Crippen LogP contribution in [0.25, 0.3) is 0 Å². The fourth-order valence-electron chi connectivity index (χ4n) is 1.44. The van der Waals surface area contributed by atoms with Gasteiger partial charge in [0.05, 0.1) is 18.6 Å². The van der Waals surface area contributed by atoms with E-state index in [1.165, 1.54) is 6.20 Å². The molecule has 1 aliphatic rings. The van der Waals surface area contributed by atoms with Crippen LogP contribution in [0.2, 0.25) is 0 Å². The second kappa shape index (κ2) is 5.21. The Morgan fingerprint density at radius 3 is 2.65 bits per heavy atom. The summed E-state index contributed by atoms with van der Waals surface area (Å²) >= 11 is 0. The highest BCUT2D eigenvalue weighted by molar-refractivity contribution is 5.80. The zero-order valence-corrected chi connectivity index (χ0v) is 10.4. The number of carboxylic acid groups (broad SMARTS) is 1. The average Bonchev–Trinajstić information content (AvgIpc) is 2.63. The monoisotopic (exact) mass is 240 g/mol. The minimum Gasteiger partial charge on any atom is -0.548 e. The molecular weight excluding hydrogens is 222 g/mol. The predicted molar refractivity (Wildman–Crippen MR) is 59.8 cm³/mol. The highest BCUT2D eigenvalue weighted by atomic mass is 16.6. The summed E-state index contributed by atoms with van der Waals surface area (Å²) in [5, 5.41) is 10.7. The summed E-state index contributed by atoms with van der Waals surface area (Å²) < 4.78 is 5.03. The highest BCUT2D eigenvalue weighted by Gasteiger charge is 2.27. The van der Waals surface area contributed by atoms with Gasteiger partial charge in [-0.3, -0.25) is 4.90 Å². The van der Waals surface area contributed by atoms with Crippen molar-refractivity contribution in [2.75, 3.05) is 6.61 Å². The maximum atomic E-state index is 11.6. The molecule has 0 N–H and O–H groups in total. The molecule has 5 heteroatoms. The van der Waals surface area contributed by atoms with Crippen molar-refractivity contribution in [3.63, 3.8) is 0 Å². The highest BCUT2D eigenvalue weighted by Crippen LogP contribution is 2.19. The molecular formula is C12H18NO4-. The standard InChI is InChI=1S/C12H19NO4/c1-12(2,3)6-8-17-11(16)13-7-4-5-9(13)10(14)15/h4,7,9H,5-6,8H2,1-3H3,(H,14,15)/p-1/t9-/m0/s1. The number of hydrogen-bond acceptors (Lipinski definition) is 4. The molecule has 0 spiro atoms. The Morgan fingerprint density at radius 1 is 1.47 bits per heavy atom. The van der Waals surface area contributed by atoms with Gasteiger partial charge >= 0.3 is 6.09 Å². The van der Waals surface area contributed by atoms with Gasteiger partial charge < -0.3 is 14.6 Å². The van der Waals surface area contributed by atoms with Crippen LogP contribution in [0.1, 0.15) is 33.6 Å². The third-order valence-corrected chi connectivity index (χ3v) is 2.52. The molecule has 1 aliphatic heterocycles. The number of ether oxygens (including phenoxy) is 1. The average molecular weight is 240 g/mol. The molecule has 0 aromatic carbocycles. The smallest absolute Gasteiger partial charge is 0.414 e. The predicted octanol–water partition coefficient (Wildman–Crippen LogP) is 0.897. The number of hydrogen-bond donors (Lipinski definition) is 0. The zero-order chi connectivity index (χ0) is 13.1. The van der Waals surface area contributed by atoms with Gasteiger partial charge in [0.15, 0.2) is 0 Å². The molecule has 5 nitrogen and oxygen atoms in total.